The van der Waals surface area contributed by atoms with Gasteiger partial charge in [-0.3, -0.25) is 9.69 Å². The Bertz CT molecular complexity index is 526. The summed E-state index contributed by atoms with van der Waals surface area (Å²) < 4.78 is 0. The highest BCUT2D eigenvalue weighted by atomic mass is 16.4. The summed E-state index contributed by atoms with van der Waals surface area (Å²) >= 11 is 0. The molecule has 1 aromatic carbocycles. The number of likely N-dealkylation sites (tertiary alicyclic amines) is 1. The highest BCUT2D eigenvalue weighted by Crippen LogP contribution is 2.36. The Morgan fingerprint density at radius 1 is 1.27 bits per heavy atom. The largest absolute Gasteiger partial charge is 0.480 e. The van der Waals surface area contributed by atoms with Gasteiger partial charge in [0.05, 0.1) is 0 Å². The van der Waals surface area contributed by atoms with Crippen LogP contribution in [-0.4, -0.2) is 41.4 Å². The van der Waals surface area contributed by atoms with Crippen LogP contribution < -0.4 is 0 Å². The monoisotopic (exact) mass is 301 g/mol. The van der Waals surface area contributed by atoms with Crippen molar-refractivity contribution in [3.63, 3.8) is 0 Å². The molecule has 0 bridgehead atoms. The fraction of sp³-hybridized carbons (Fsp3) is 0.556. The van der Waals surface area contributed by atoms with E-state index in [9.17, 15) is 14.7 Å². The van der Waals surface area contributed by atoms with Crippen molar-refractivity contribution in [2.24, 2.45) is 11.8 Å². The van der Waals surface area contributed by atoms with E-state index in [1.807, 2.05) is 35.2 Å². The summed E-state index contributed by atoms with van der Waals surface area (Å²) in [5, 5.41) is 9.59. The fourth-order valence-corrected chi connectivity index (χ4v) is 3.76. The van der Waals surface area contributed by atoms with Crippen LogP contribution in [-0.2, 0) is 9.59 Å². The van der Waals surface area contributed by atoms with Gasteiger partial charge in [0.25, 0.3) is 0 Å². The molecule has 4 nitrogen and oxygen atoms in total. The van der Waals surface area contributed by atoms with E-state index < -0.39 is 12.0 Å². The summed E-state index contributed by atoms with van der Waals surface area (Å²) in [5.74, 6) is -0.190. The van der Waals surface area contributed by atoms with Crippen LogP contribution in [0.25, 0.3) is 0 Å². The Kier molecular flexibility index (Phi) is 4.57. The quantitative estimate of drug-likeness (QED) is 0.820. The van der Waals surface area contributed by atoms with Crippen LogP contribution in [0, 0.1) is 11.8 Å². The first kappa shape index (κ1) is 15.2. The van der Waals surface area contributed by atoms with Crippen LogP contribution in [0.5, 0.6) is 0 Å². The number of hydrogen-bond donors (Lipinski definition) is 1. The number of carboxylic acid groups (broad SMARTS) is 1. The Labute approximate surface area is 131 Å². The van der Waals surface area contributed by atoms with Gasteiger partial charge in [-0.2, -0.15) is 0 Å². The van der Waals surface area contributed by atoms with E-state index in [4.69, 9.17) is 0 Å². The number of nitrogens with zero attached hydrogens (tertiary/aromatic N) is 1. The molecule has 1 saturated carbocycles. The van der Waals surface area contributed by atoms with Gasteiger partial charge in [-0.1, -0.05) is 49.6 Å². The van der Waals surface area contributed by atoms with Gasteiger partial charge < -0.3 is 9.90 Å². The minimum atomic E-state index is -0.745. The first-order valence-electron chi connectivity index (χ1n) is 8.16. The van der Waals surface area contributed by atoms with Gasteiger partial charge in [0.2, 0.25) is 0 Å². The number of rotatable bonds is 6. The van der Waals surface area contributed by atoms with Crippen LogP contribution in [0.15, 0.2) is 30.3 Å². The first-order valence-corrected chi connectivity index (χ1v) is 8.16. The summed E-state index contributed by atoms with van der Waals surface area (Å²) in [6, 6.07) is 9.54. The van der Waals surface area contributed by atoms with E-state index in [-0.39, 0.29) is 11.8 Å². The lowest BCUT2D eigenvalue weighted by molar-refractivity contribution is -0.144. The minimum Gasteiger partial charge on any atom is -0.480 e. The molecule has 118 valence electrons. The third kappa shape index (κ3) is 3.07. The molecular formula is C18H23NO3. The maximum Gasteiger partial charge on any atom is 0.320 e. The topological polar surface area (TPSA) is 57.6 Å². The van der Waals surface area contributed by atoms with E-state index in [0.29, 0.717) is 19.0 Å². The van der Waals surface area contributed by atoms with Crippen molar-refractivity contribution < 1.29 is 14.7 Å². The van der Waals surface area contributed by atoms with Crippen molar-refractivity contribution >= 4 is 12.3 Å². The van der Waals surface area contributed by atoms with Crippen molar-refractivity contribution in [2.75, 3.05) is 13.1 Å². The average Bonchev–Trinajstić information content (AvgIpc) is 2.90. The Morgan fingerprint density at radius 2 is 2.00 bits per heavy atom. The zero-order chi connectivity index (χ0) is 15.5. The molecule has 0 radical (unpaired) electrons. The van der Waals surface area contributed by atoms with Gasteiger partial charge in [0, 0.05) is 24.9 Å². The maximum atomic E-state index is 11.7. The molecule has 0 unspecified atom stereocenters. The van der Waals surface area contributed by atoms with E-state index >= 15 is 0 Å². The predicted octanol–water partition coefficient (Wildman–Crippen LogP) is 2.54. The van der Waals surface area contributed by atoms with Gasteiger partial charge in [0.1, 0.15) is 12.3 Å². The van der Waals surface area contributed by atoms with E-state index in [0.717, 1.165) is 31.1 Å². The number of hydrogen-bond acceptors (Lipinski definition) is 3. The molecule has 2 fully saturated rings. The van der Waals surface area contributed by atoms with E-state index in [1.54, 1.807) is 0 Å². The Hall–Kier alpha value is -1.68. The van der Waals surface area contributed by atoms with Crippen molar-refractivity contribution in [3.8, 4) is 0 Å². The SMILES string of the molecule is O=C[C@H]1CN([C@@H](CC2CCC2)C(=O)O)C[C@@H]1c1ccccc1. The van der Waals surface area contributed by atoms with Crippen LogP contribution in [0.3, 0.4) is 0 Å². The van der Waals surface area contributed by atoms with Crippen molar-refractivity contribution in [3.05, 3.63) is 35.9 Å². The molecule has 1 aliphatic heterocycles. The Morgan fingerprint density at radius 3 is 2.55 bits per heavy atom. The number of aliphatic carboxylic acids is 1. The molecule has 1 aromatic rings. The lowest BCUT2D eigenvalue weighted by atomic mass is 9.80. The first-order chi connectivity index (χ1) is 10.7. The van der Waals surface area contributed by atoms with E-state index in [2.05, 4.69) is 0 Å². The van der Waals surface area contributed by atoms with Crippen LogP contribution in [0.2, 0.25) is 0 Å². The average molecular weight is 301 g/mol. The minimum absolute atomic E-state index is 0.106. The van der Waals surface area contributed by atoms with Gasteiger partial charge in [-0.05, 0) is 17.9 Å². The molecule has 3 atom stereocenters. The highest BCUT2D eigenvalue weighted by Gasteiger charge is 2.40. The van der Waals surface area contributed by atoms with Crippen molar-refractivity contribution in [1.29, 1.82) is 0 Å². The second-order valence-corrected chi connectivity index (χ2v) is 6.66. The van der Waals surface area contributed by atoms with Crippen LogP contribution in [0.1, 0.15) is 37.2 Å². The highest BCUT2D eigenvalue weighted by molar-refractivity contribution is 5.74. The summed E-state index contributed by atoms with van der Waals surface area (Å²) in [7, 11) is 0. The molecule has 2 aliphatic rings. The lowest BCUT2D eigenvalue weighted by Gasteiger charge is -2.32. The second kappa shape index (κ2) is 6.61. The summed E-state index contributed by atoms with van der Waals surface area (Å²) in [6.07, 6.45) is 5.25. The van der Waals surface area contributed by atoms with Gasteiger partial charge >= 0.3 is 5.97 Å². The summed E-state index contributed by atoms with van der Waals surface area (Å²) in [6.45, 7) is 1.23. The zero-order valence-corrected chi connectivity index (χ0v) is 12.7. The Balaban J connectivity index is 1.74. The molecule has 0 aromatic heterocycles. The van der Waals surface area contributed by atoms with Gasteiger partial charge in [-0.15, -0.1) is 0 Å². The number of carbonyl (C=O) groups excluding carboxylic acids is 1. The smallest absolute Gasteiger partial charge is 0.320 e. The number of aldehydes is 1. The lowest BCUT2D eigenvalue weighted by Crippen LogP contribution is -2.42. The third-order valence-electron chi connectivity index (χ3n) is 5.30. The van der Waals surface area contributed by atoms with Crippen molar-refractivity contribution in [2.45, 2.75) is 37.6 Å². The van der Waals surface area contributed by atoms with Gasteiger partial charge in [0.15, 0.2) is 0 Å². The van der Waals surface area contributed by atoms with E-state index in [1.165, 1.54) is 6.42 Å². The molecule has 1 heterocycles. The molecule has 4 heteroatoms. The van der Waals surface area contributed by atoms with Crippen molar-refractivity contribution in [1.82, 2.24) is 4.90 Å². The maximum absolute atomic E-state index is 11.7. The normalized spacial score (nSPS) is 27.3. The molecule has 1 N–H and O–H groups in total. The zero-order valence-electron chi connectivity index (χ0n) is 12.7. The third-order valence-corrected chi connectivity index (χ3v) is 5.30. The van der Waals surface area contributed by atoms with Crippen LogP contribution >= 0.6 is 0 Å². The molecule has 0 amide bonds. The number of carbonyl (C=O) groups is 2. The fourth-order valence-electron chi connectivity index (χ4n) is 3.76. The number of carboxylic acids is 1. The molecule has 0 spiro atoms. The van der Waals surface area contributed by atoms with Crippen LogP contribution in [0.4, 0.5) is 0 Å². The molecule has 1 saturated heterocycles. The summed E-state index contributed by atoms with van der Waals surface area (Å²) in [5.41, 5.74) is 1.13. The molecule has 1 aliphatic carbocycles. The molecule has 22 heavy (non-hydrogen) atoms. The second-order valence-electron chi connectivity index (χ2n) is 6.66. The van der Waals surface area contributed by atoms with Gasteiger partial charge in [-0.25, -0.2) is 0 Å². The summed E-state index contributed by atoms with van der Waals surface area (Å²) in [4.78, 5) is 25.1. The molecule has 3 rings (SSSR count). The standard InChI is InChI=1S/C18H23NO3/c20-12-15-10-19(11-16(15)14-7-2-1-3-8-14)17(18(21)22)9-13-5-4-6-13/h1-3,7-8,12-13,15-17H,4-6,9-11H2,(H,21,22)/t15-,16-,17+/m1/s1. The number of benzene rings is 1. The molecular weight excluding hydrogens is 278 g/mol. The predicted molar refractivity (Wildman–Crippen MR) is 83.7 cm³/mol.